The number of halogens is 2. The molecule has 2 aromatic carbocycles. The van der Waals surface area contributed by atoms with Crippen molar-refractivity contribution < 1.29 is 14.9 Å². The third-order valence-corrected chi connectivity index (χ3v) is 7.07. The van der Waals surface area contributed by atoms with Gasteiger partial charge < -0.3 is 14.9 Å². The molecule has 5 rings (SSSR count). The Morgan fingerprint density at radius 1 is 1.10 bits per heavy atom. The van der Waals surface area contributed by atoms with E-state index in [2.05, 4.69) is 20.9 Å². The SMILES string of the molecule is CC1C(O)C2(O)c3ncc(Cl)cc3OC2(c2ccc(Br)cc2)C1c1ccccc1. The fourth-order valence-electron chi connectivity index (χ4n) is 5.16. The molecule has 0 radical (unpaired) electrons. The molecular formula is C23H19BrClNO3. The van der Waals surface area contributed by atoms with E-state index in [0.29, 0.717) is 16.5 Å². The number of rotatable bonds is 2. The highest BCUT2D eigenvalue weighted by Crippen LogP contribution is 2.67. The quantitative estimate of drug-likeness (QED) is 0.564. The molecule has 0 amide bonds. The molecule has 0 spiro atoms. The van der Waals surface area contributed by atoms with Gasteiger partial charge in [0.15, 0.2) is 11.2 Å². The summed E-state index contributed by atoms with van der Waals surface area (Å²) >= 11 is 9.64. The number of ether oxygens (including phenoxy) is 1. The first kappa shape index (κ1) is 19.1. The molecule has 148 valence electrons. The van der Waals surface area contributed by atoms with Crippen LogP contribution >= 0.6 is 27.5 Å². The highest BCUT2D eigenvalue weighted by atomic mass is 79.9. The maximum atomic E-state index is 12.1. The Hall–Kier alpha value is -1.92. The van der Waals surface area contributed by atoms with Crippen molar-refractivity contribution in [2.75, 3.05) is 0 Å². The van der Waals surface area contributed by atoms with Crippen molar-refractivity contribution in [1.29, 1.82) is 0 Å². The van der Waals surface area contributed by atoms with Gasteiger partial charge in [0.1, 0.15) is 11.4 Å². The molecule has 5 atom stereocenters. The highest BCUT2D eigenvalue weighted by molar-refractivity contribution is 9.10. The van der Waals surface area contributed by atoms with Crippen molar-refractivity contribution >= 4 is 27.5 Å². The average Bonchev–Trinajstić information content (AvgIpc) is 3.07. The summed E-state index contributed by atoms with van der Waals surface area (Å²) in [6.45, 7) is 1.94. The van der Waals surface area contributed by atoms with E-state index in [0.717, 1.165) is 15.6 Å². The molecule has 0 saturated heterocycles. The lowest BCUT2D eigenvalue weighted by Gasteiger charge is -2.40. The van der Waals surface area contributed by atoms with Crippen LogP contribution in [0.4, 0.5) is 0 Å². The predicted octanol–water partition coefficient (Wildman–Crippen LogP) is 4.77. The van der Waals surface area contributed by atoms with Crippen molar-refractivity contribution in [3.8, 4) is 5.75 Å². The number of nitrogens with zero attached hydrogens (tertiary/aromatic N) is 1. The van der Waals surface area contributed by atoms with Crippen LogP contribution in [0.5, 0.6) is 5.75 Å². The number of benzene rings is 2. The van der Waals surface area contributed by atoms with E-state index < -0.39 is 17.3 Å². The normalized spacial score (nSPS) is 32.5. The second kappa shape index (κ2) is 6.54. The first-order chi connectivity index (χ1) is 13.9. The lowest BCUT2D eigenvalue weighted by molar-refractivity contribution is -0.152. The topological polar surface area (TPSA) is 62.6 Å². The molecule has 2 heterocycles. The van der Waals surface area contributed by atoms with Crippen LogP contribution in [0.1, 0.15) is 29.7 Å². The zero-order chi connectivity index (χ0) is 20.4. The summed E-state index contributed by atoms with van der Waals surface area (Å²) in [5.74, 6) is -0.190. The highest BCUT2D eigenvalue weighted by Gasteiger charge is 2.75. The number of aliphatic hydroxyl groups is 2. The maximum absolute atomic E-state index is 12.1. The van der Waals surface area contributed by atoms with Gasteiger partial charge in [-0.3, -0.25) is 4.98 Å². The van der Waals surface area contributed by atoms with E-state index in [4.69, 9.17) is 16.3 Å². The summed E-state index contributed by atoms with van der Waals surface area (Å²) in [5.41, 5.74) is -0.886. The molecule has 2 aliphatic rings. The molecule has 2 N–H and O–H groups in total. The van der Waals surface area contributed by atoms with E-state index in [1.54, 1.807) is 6.07 Å². The van der Waals surface area contributed by atoms with Gasteiger partial charge in [-0.05, 0) is 29.2 Å². The van der Waals surface area contributed by atoms with Gasteiger partial charge in [0, 0.05) is 22.7 Å². The fraction of sp³-hybridized carbons (Fsp3) is 0.261. The lowest BCUT2D eigenvalue weighted by atomic mass is 9.72. The molecule has 1 aliphatic heterocycles. The molecule has 4 nitrogen and oxygen atoms in total. The van der Waals surface area contributed by atoms with Gasteiger partial charge in [-0.1, -0.05) is 76.9 Å². The summed E-state index contributed by atoms with van der Waals surface area (Å²) in [7, 11) is 0. The van der Waals surface area contributed by atoms with Crippen LogP contribution in [0.25, 0.3) is 0 Å². The smallest absolute Gasteiger partial charge is 0.181 e. The average molecular weight is 473 g/mol. The summed E-state index contributed by atoms with van der Waals surface area (Å²) in [6.07, 6.45) is 0.401. The Morgan fingerprint density at radius 3 is 2.48 bits per heavy atom. The standard InChI is InChI=1S/C23H19BrClNO3/c1-13-19(14-5-3-2-4-6-14)23(15-7-9-16(24)10-8-15)22(28,21(13)27)20-18(29-23)11-17(25)12-26-20/h2-13,19,21,27-28H,1H3. The van der Waals surface area contributed by atoms with Crippen molar-refractivity contribution in [2.24, 2.45) is 5.92 Å². The minimum Gasteiger partial charge on any atom is -0.476 e. The van der Waals surface area contributed by atoms with E-state index in [9.17, 15) is 10.2 Å². The zero-order valence-corrected chi connectivity index (χ0v) is 17.9. The Morgan fingerprint density at radius 2 is 1.79 bits per heavy atom. The van der Waals surface area contributed by atoms with E-state index in [1.807, 2.05) is 61.5 Å². The number of aromatic nitrogens is 1. The van der Waals surface area contributed by atoms with Crippen LogP contribution in [0, 0.1) is 5.92 Å². The van der Waals surface area contributed by atoms with E-state index >= 15 is 0 Å². The third-order valence-electron chi connectivity index (χ3n) is 6.34. The zero-order valence-electron chi connectivity index (χ0n) is 15.6. The van der Waals surface area contributed by atoms with Crippen LogP contribution in [-0.2, 0) is 11.2 Å². The Labute approximate surface area is 182 Å². The van der Waals surface area contributed by atoms with E-state index in [-0.39, 0.29) is 11.8 Å². The summed E-state index contributed by atoms with van der Waals surface area (Å²) in [4.78, 5) is 4.40. The molecule has 1 aromatic heterocycles. The molecule has 3 aromatic rings. The molecule has 1 fully saturated rings. The first-order valence-corrected chi connectivity index (χ1v) is 10.6. The predicted molar refractivity (Wildman–Crippen MR) is 114 cm³/mol. The van der Waals surface area contributed by atoms with E-state index in [1.165, 1.54) is 6.20 Å². The Bertz CT molecular complexity index is 1080. The number of pyridine rings is 1. The molecule has 6 heteroatoms. The second-order valence-corrected chi connectivity index (χ2v) is 9.16. The van der Waals surface area contributed by atoms with Gasteiger partial charge in [0.2, 0.25) is 0 Å². The molecule has 1 aliphatic carbocycles. The molecule has 0 bridgehead atoms. The molecule has 29 heavy (non-hydrogen) atoms. The third kappa shape index (κ3) is 2.42. The largest absolute Gasteiger partial charge is 0.476 e. The molecular weight excluding hydrogens is 454 g/mol. The summed E-state index contributed by atoms with van der Waals surface area (Å²) in [5, 5.41) is 23.9. The van der Waals surface area contributed by atoms with Gasteiger partial charge in [-0.15, -0.1) is 0 Å². The maximum Gasteiger partial charge on any atom is 0.181 e. The lowest BCUT2D eigenvalue weighted by Crippen LogP contribution is -2.52. The fourth-order valence-corrected chi connectivity index (χ4v) is 5.57. The number of aliphatic hydroxyl groups excluding tert-OH is 1. The Kier molecular flexibility index (Phi) is 4.30. The van der Waals surface area contributed by atoms with Crippen LogP contribution in [0.15, 0.2) is 71.3 Å². The van der Waals surface area contributed by atoms with Crippen molar-refractivity contribution in [3.63, 3.8) is 0 Å². The van der Waals surface area contributed by atoms with Crippen LogP contribution in [0.3, 0.4) is 0 Å². The van der Waals surface area contributed by atoms with Gasteiger partial charge in [0.25, 0.3) is 0 Å². The first-order valence-electron chi connectivity index (χ1n) is 9.46. The number of fused-ring (bicyclic) bond motifs is 3. The molecule has 5 unspecified atom stereocenters. The second-order valence-electron chi connectivity index (χ2n) is 7.80. The minimum atomic E-state index is -1.72. The summed E-state index contributed by atoms with van der Waals surface area (Å²) in [6, 6.07) is 19.2. The van der Waals surface area contributed by atoms with Crippen LogP contribution < -0.4 is 4.74 Å². The Balaban J connectivity index is 1.84. The van der Waals surface area contributed by atoms with Crippen molar-refractivity contribution in [2.45, 2.75) is 30.1 Å². The van der Waals surface area contributed by atoms with Crippen LogP contribution in [-0.4, -0.2) is 21.3 Å². The molecule has 1 saturated carbocycles. The van der Waals surface area contributed by atoms with Crippen molar-refractivity contribution in [1.82, 2.24) is 4.98 Å². The number of hydrogen-bond acceptors (Lipinski definition) is 4. The minimum absolute atomic E-state index is 0.281. The van der Waals surface area contributed by atoms with Crippen molar-refractivity contribution in [3.05, 3.63) is 93.2 Å². The van der Waals surface area contributed by atoms with Gasteiger partial charge in [-0.25, -0.2) is 0 Å². The van der Waals surface area contributed by atoms with Gasteiger partial charge in [0.05, 0.1) is 11.1 Å². The summed E-state index contributed by atoms with van der Waals surface area (Å²) < 4.78 is 7.48. The number of hydrogen-bond donors (Lipinski definition) is 2. The van der Waals surface area contributed by atoms with Crippen LogP contribution in [0.2, 0.25) is 5.02 Å². The monoisotopic (exact) mass is 471 g/mol. The van der Waals surface area contributed by atoms with Gasteiger partial charge >= 0.3 is 0 Å². The van der Waals surface area contributed by atoms with Gasteiger partial charge in [-0.2, -0.15) is 0 Å².